The van der Waals surface area contributed by atoms with Gasteiger partial charge in [-0.2, -0.15) is 0 Å². The van der Waals surface area contributed by atoms with Crippen LogP contribution in [-0.2, 0) is 0 Å². The Hall–Kier alpha value is -1.94. The number of rotatable bonds is 2. The van der Waals surface area contributed by atoms with Gasteiger partial charge in [0.1, 0.15) is 11.0 Å². The molecule has 3 rings (SSSR count). The van der Waals surface area contributed by atoms with Crippen LogP contribution in [0, 0.1) is 0 Å². The molecule has 1 aromatic carbocycles. The quantitative estimate of drug-likeness (QED) is 0.710. The number of halogens is 1. The van der Waals surface area contributed by atoms with Crippen LogP contribution in [0.2, 0.25) is 5.15 Å². The molecule has 0 aliphatic rings. The Morgan fingerprint density at radius 1 is 1.11 bits per heavy atom. The van der Waals surface area contributed by atoms with Crippen molar-refractivity contribution in [2.24, 2.45) is 0 Å². The van der Waals surface area contributed by atoms with E-state index < -0.39 is 0 Å². The number of aromatic nitrogens is 4. The van der Waals surface area contributed by atoms with E-state index in [0.717, 1.165) is 5.82 Å². The summed E-state index contributed by atoms with van der Waals surface area (Å²) in [7, 11) is 0. The van der Waals surface area contributed by atoms with Crippen molar-refractivity contribution in [2.45, 2.75) is 12.8 Å². The average Bonchev–Trinajstić information content (AvgIpc) is 2.84. The highest BCUT2D eigenvalue weighted by atomic mass is 35.5. The van der Waals surface area contributed by atoms with Gasteiger partial charge in [0.2, 0.25) is 0 Å². The zero-order valence-corrected chi connectivity index (χ0v) is 10.5. The van der Waals surface area contributed by atoms with Gasteiger partial charge in [-0.05, 0) is 5.56 Å². The second-order valence-corrected chi connectivity index (χ2v) is 4.50. The van der Waals surface area contributed by atoms with Gasteiger partial charge in [-0.1, -0.05) is 48.9 Å². The normalized spacial score (nSPS) is 12.8. The summed E-state index contributed by atoms with van der Waals surface area (Å²) in [4.78, 5) is 4.00. The van der Waals surface area contributed by atoms with Crippen LogP contribution in [0.1, 0.15) is 24.2 Å². The Balaban J connectivity index is 2.15. The van der Waals surface area contributed by atoms with Gasteiger partial charge in [0.15, 0.2) is 5.65 Å². The summed E-state index contributed by atoms with van der Waals surface area (Å²) in [5.41, 5.74) is 1.85. The molecular formula is C13H11ClN4. The topological polar surface area (TPSA) is 43.1 Å². The molecule has 0 fully saturated rings. The number of fused-ring (bicyclic) bond motifs is 1. The summed E-state index contributed by atoms with van der Waals surface area (Å²) in [5, 5.41) is 8.84. The van der Waals surface area contributed by atoms with E-state index in [9.17, 15) is 0 Å². The van der Waals surface area contributed by atoms with Crippen molar-refractivity contribution in [3.05, 3.63) is 59.3 Å². The molecule has 0 aliphatic heterocycles. The van der Waals surface area contributed by atoms with E-state index >= 15 is 0 Å². The highest BCUT2D eigenvalue weighted by Gasteiger charge is 2.16. The summed E-state index contributed by atoms with van der Waals surface area (Å²) in [5.74, 6) is 0.949. The van der Waals surface area contributed by atoms with Gasteiger partial charge in [0, 0.05) is 5.92 Å². The van der Waals surface area contributed by atoms with Crippen LogP contribution in [0.4, 0.5) is 0 Å². The predicted octanol–water partition coefficient (Wildman–Crippen LogP) is 2.93. The van der Waals surface area contributed by atoms with Crippen LogP contribution in [0.25, 0.3) is 5.65 Å². The first-order valence-electron chi connectivity index (χ1n) is 5.67. The third-order valence-electron chi connectivity index (χ3n) is 2.98. The minimum atomic E-state index is 0.126. The van der Waals surface area contributed by atoms with Gasteiger partial charge in [-0.3, -0.25) is 9.38 Å². The molecule has 0 bridgehead atoms. The molecule has 1 atom stereocenters. The Kier molecular flexibility index (Phi) is 2.72. The van der Waals surface area contributed by atoms with Crippen molar-refractivity contribution >= 4 is 17.2 Å². The lowest BCUT2D eigenvalue weighted by molar-refractivity contribution is 0.797. The minimum absolute atomic E-state index is 0.126. The van der Waals surface area contributed by atoms with Gasteiger partial charge < -0.3 is 0 Å². The maximum atomic E-state index is 6.16. The van der Waals surface area contributed by atoms with Crippen LogP contribution < -0.4 is 0 Å². The predicted molar refractivity (Wildman–Crippen MR) is 69.8 cm³/mol. The molecule has 3 aromatic rings. The number of hydrogen-bond acceptors (Lipinski definition) is 3. The molecule has 2 aromatic heterocycles. The van der Waals surface area contributed by atoms with E-state index in [1.165, 1.54) is 5.56 Å². The summed E-state index contributed by atoms with van der Waals surface area (Å²) in [6.07, 6.45) is 3.25. The number of benzene rings is 1. The minimum Gasteiger partial charge on any atom is -0.266 e. The summed E-state index contributed by atoms with van der Waals surface area (Å²) >= 11 is 6.16. The van der Waals surface area contributed by atoms with Crippen molar-refractivity contribution in [3.63, 3.8) is 0 Å². The third kappa shape index (κ3) is 1.75. The monoisotopic (exact) mass is 258 g/mol. The molecule has 0 radical (unpaired) electrons. The van der Waals surface area contributed by atoms with Gasteiger partial charge in [-0.15, -0.1) is 10.2 Å². The van der Waals surface area contributed by atoms with E-state index in [0.29, 0.717) is 10.8 Å². The summed E-state index contributed by atoms with van der Waals surface area (Å²) in [6, 6.07) is 10.2. The zero-order chi connectivity index (χ0) is 12.5. The van der Waals surface area contributed by atoms with Crippen LogP contribution in [-0.4, -0.2) is 19.6 Å². The van der Waals surface area contributed by atoms with Crippen LogP contribution >= 0.6 is 11.6 Å². The number of nitrogens with zero attached hydrogens (tertiary/aromatic N) is 4. The maximum Gasteiger partial charge on any atom is 0.180 e. The lowest BCUT2D eigenvalue weighted by Gasteiger charge is -2.10. The van der Waals surface area contributed by atoms with Crippen molar-refractivity contribution in [3.8, 4) is 0 Å². The molecule has 0 saturated heterocycles. The highest BCUT2D eigenvalue weighted by Crippen LogP contribution is 2.24. The molecule has 2 heterocycles. The Labute approximate surface area is 109 Å². The molecule has 1 unspecified atom stereocenters. The Morgan fingerprint density at radius 2 is 1.89 bits per heavy atom. The molecule has 0 saturated carbocycles. The fourth-order valence-corrected chi connectivity index (χ4v) is 2.24. The molecule has 0 amide bonds. The smallest absolute Gasteiger partial charge is 0.180 e. The second kappa shape index (κ2) is 4.38. The van der Waals surface area contributed by atoms with E-state index in [1.807, 2.05) is 22.6 Å². The standard InChI is InChI=1S/C13H11ClN4/c1-9(10-5-3-2-4-6-10)13-17-16-12-8-15-7-11(14)18(12)13/h2-9H,1H3. The molecule has 4 nitrogen and oxygen atoms in total. The Morgan fingerprint density at radius 3 is 2.67 bits per heavy atom. The lowest BCUT2D eigenvalue weighted by Crippen LogP contribution is -2.03. The van der Waals surface area contributed by atoms with Gasteiger partial charge >= 0.3 is 0 Å². The fourth-order valence-electron chi connectivity index (χ4n) is 2.01. The SMILES string of the molecule is CC(c1ccccc1)c1nnc2cncc(Cl)n12. The fraction of sp³-hybridized carbons (Fsp3) is 0.154. The van der Waals surface area contributed by atoms with E-state index in [-0.39, 0.29) is 5.92 Å². The van der Waals surface area contributed by atoms with Crippen LogP contribution in [0.3, 0.4) is 0 Å². The molecule has 5 heteroatoms. The molecule has 0 N–H and O–H groups in total. The van der Waals surface area contributed by atoms with E-state index in [4.69, 9.17) is 11.6 Å². The second-order valence-electron chi connectivity index (χ2n) is 4.11. The molecule has 18 heavy (non-hydrogen) atoms. The van der Waals surface area contributed by atoms with Crippen molar-refractivity contribution in [2.75, 3.05) is 0 Å². The van der Waals surface area contributed by atoms with Crippen LogP contribution in [0.15, 0.2) is 42.7 Å². The number of hydrogen-bond donors (Lipinski definition) is 0. The van der Waals surface area contributed by atoms with Crippen molar-refractivity contribution in [1.82, 2.24) is 19.6 Å². The third-order valence-corrected chi connectivity index (χ3v) is 3.25. The lowest BCUT2D eigenvalue weighted by atomic mass is 10.0. The average molecular weight is 259 g/mol. The highest BCUT2D eigenvalue weighted by molar-refractivity contribution is 6.29. The molecule has 90 valence electrons. The summed E-state index contributed by atoms with van der Waals surface area (Å²) in [6.45, 7) is 2.09. The maximum absolute atomic E-state index is 6.16. The van der Waals surface area contributed by atoms with E-state index in [2.05, 4.69) is 34.2 Å². The molecule has 0 spiro atoms. The van der Waals surface area contributed by atoms with Gasteiger partial charge in [-0.25, -0.2) is 0 Å². The first kappa shape index (κ1) is 11.2. The largest absolute Gasteiger partial charge is 0.266 e. The van der Waals surface area contributed by atoms with Crippen LogP contribution in [0.5, 0.6) is 0 Å². The van der Waals surface area contributed by atoms with Gasteiger partial charge in [0.25, 0.3) is 0 Å². The molecular weight excluding hydrogens is 248 g/mol. The zero-order valence-electron chi connectivity index (χ0n) is 9.79. The van der Waals surface area contributed by atoms with E-state index in [1.54, 1.807) is 12.4 Å². The Bertz CT molecular complexity index is 678. The van der Waals surface area contributed by atoms with Crippen molar-refractivity contribution in [1.29, 1.82) is 0 Å². The van der Waals surface area contributed by atoms with Crippen molar-refractivity contribution < 1.29 is 0 Å². The van der Waals surface area contributed by atoms with Gasteiger partial charge in [0.05, 0.1) is 12.4 Å². The first-order chi connectivity index (χ1) is 8.77. The molecule has 0 aliphatic carbocycles. The first-order valence-corrected chi connectivity index (χ1v) is 6.04. The summed E-state index contributed by atoms with van der Waals surface area (Å²) < 4.78 is 1.83.